The number of benzene rings is 6. The van der Waals surface area contributed by atoms with Gasteiger partial charge in [-0.15, -0.1) is 0 Å². The highest BCUT2D eigenvalue weighted by Crippen LogP contribution is 2.52. The van der Waals surface area contributed by atoms with Gasteiger partial charge in [0.1, 0.15) is 5.56 Å². The van der Waals surface area contributed by atoms with Crippen LogP contribution in [0.1, 0.15) is 30.5 Å². The van der Waals surface area contributed by atoms with Gasteiger partial charge in [0.05, 0.1) is 28.1 Å². The lowest BCUT2D eigenvalue weighted by molar-refractivity contribution is -0.137. The smallest absolute Gasteiger partial charge is 0.310 e. The quantitative estimate of drug-likeness (QED) is 0.177. The Morgan fingerprint density at radius 3 is 1.66 bits per heavy atom. The summed E-state index contributed by atoms with van der Waals surface area (Å²) in [6.45, 7) is 4.43. The van der Waals surface area contributed by atoms with Crippen LogP contribution < -0.4 is 4.90 Å². The predicted octanol–water partition coefficient (Wildman–Crippen LogP) is 13.6. The third-order valence-corrected chi connectivity index (χ3v) is 11.2. The van der Waals surface area contributed by atoms with Gasteiger partial charge in [-0.05, 0) is 96.1 Å². The highest BCUT2D eigenvalue weighted by molar-refractivity contribution is 9.10. The van der Waals surface area contributed by atoms with Crippen molar-refractivity contribution in [3.05, 3.63) is 165 Å². The topological polar surface area (TPSA) is 34.0 Å². The van der Waals surface area contributed by atoms with Gasteiger partial charge >= 0.3 is 6.18 Å². The molecule has 9 heteroatoms. The van der Waals surface area contributed by atoms with Crippen molar-refractivity contribution < 1.29 is 13.2 Å². The third kappa shape index (κ3) is 5.56. The van der Waals surface area contributed by atoms with Gasteiger partial charge in [-0.2, -0.15) is 13.2 Å². The van der Waals surface area contributed by atoms with Crippen LogP contribution in [0.5, 0.6) is 0 Å². The minimum Gasteiger partial charge on any atom is -0.310 e. The zero-order valence-corrected chi connectivity index (χ0v) is 31.6. The molecule has 0 fully saturated rings. The van der Waals surface area contributed by atoms with E-state index in [1.807, 2.05) is 72.8 Å². The number of halogens is 5. The van der Waals surface area contributed by atoms with Gasteiger partial charge in [-0.25, -0.2) is 9.97 Å². The van der Waals surface area contributed by atoms with E-state index in [9.17, 15) is 13.2 Å². The maximum atomic E-state index is 14.5. The van der Waals surface area contributed by atoms with Crippen molar-refractivity contribution >= 4 is 70.7 Å². The van der Waals surface area contributed by atoms with Crippen LogP contribution in [0.15, 0.2) is 149 Å². The van der Waals surface area contributed by atoms with Crippen LogP contribution in [0.4, 0.5) is 30.2 Å². The molecule has 0 atom stereocenters. The Labute approximate surface area is 320 Å². The van der Waals surface area contributed by atoms with Crippen LogP contribution in [0.2, 0.25) is 0 Å². The van der Waals surface area contributed by atoms with Crippen molar-refractivity contribution in [2.24, 2.45) is 0 Å². The summed E-state index contributed by atoms with van der Waals surface area (Å²) in [5, 5.41) is 2.19. The van der Waals surface area contributed by atoms with Crippen molar-refractivity contribution in [1.82, 2.24) is 14.5 Å². The summed E-state index contributed by atoms with van der Waals surface area (Å²) in [7, 11) is 0. The molecule has 0 N–H and O–H groups in total. The van der Waals surface area contributed by atoms with Gasteiger partial charge in [0.25, 0.3) is 0 Å². The Morgan fingerprint density at radius 1 is 0.604 bits per heavy atom. The number of alkyl halides is 3. The lowest BCUT2D eigenvalue weighted by Crippen LogP contribution is -2.30. The second kappa shape index (κ2) is 12.4. The minimum absolute atomic E-state index is 0.169. The summed E-state index contributed by atoms with van der Waals surface area (Å²) in [5.74, 6) is 0.208. The number of rotatable bonds is 4. The third-order valence-electron chi connectivity index (χ3n) is 10.2. The van der Waals surface area contributed by atoms with Gasteiger partial charge in [-0.3, -0.25) is 0 Å². The van der Waals surface area contributed by atoms with E-state index >= 15 is 0 Å². The van der Waals surface area contributed by atoms with E-state index in [4.69, 9.17) is 0 Å². The van der Waals surface area contributed by atoms with E-state index < -0.39 is 11.7 Å². The zero-order valence-electron chi connectivity index (χ0n) is 28.5. The molecule has 0 unspecified atom stereocenters. The number of fused-ring (bicyclic) bond motifs is 5. The normalized spacial score (nSPS) is 13.7. The number of aromatic nitrogens is 3. The van der Waals surface area contributed by atoms with Crippen LogP contribution in [-0.2, 0) is 11.6 Å². The van der Waals surface area contributed by atoms with Crippen molar-refractivity contribution in [1.29, 1.82) is 0 Å². The summed E-state index contributed by atoms with van der Waals surface area (Å²) < 4.78 is 47.5. The molecule has 0 spiro atoms. The maximum Gasteiger partial charge on any atom is 0.419 e. The fraction of sp³-hybridized carbons (Fsp3) is 0.0909. The van der Waals surface area contributed by atoms with E-state index in [2.05, 4.69) is 114 Å². The molecule has 0 saturated heterocycles. The number of hydrogen-bond donors (Lipinski definition) is 0. The zero-order chi connectivity index (χ0) is 36.6. The monoisotopic (exact) mass is 828 g/mol. The lowest BCUT2D eigenvalue weighted by atomic mass is 9.73. The van der Waals surface area contributed by atoms with Crippen molar-refractivity contribution in [3.8, 4) is 28.3 Å². The molecule has 9 rings (SSSR count). The standard InChI is InChI=1S/C44H29Br2F3N4/c1-43(2)34-7-3-5-9-39(34)53(40-10-6-4-8-35(40)43)31-17-11-26(12-18-31)41-36(44(47,48)49)25-50-42(51-41)27-13-19-30(20-14-27)52-37-21-15-28(45)23-32(37)33-24-29(46)16-22-38(33)52/h3-25H,1-2H3. The lowest BCUT2D eigenvalue weighted by Gasteiger charge is -2.42. The van der Waals surface area contributed by atoms with Crippen LogP contribution in [0, 0.1) is 0 Å². The summed E-state index contributed by atoms with van der Waals surface area (Å²) in [5.41, 5.74) is 7.91. The van der Waals surface area contributed by atoms with E-state index in [1.54, 1.807) is 12.1 Å². The molecule has 0 radical (unpaired) electrons. The molecule has 1 aliphatic rings. The van der Waals surface area contributed by atoms with Crippen LogP contribution in [-0.4, -0.2) is 14.5 Å². The number of hydrogen-bond acceptors (Lipinski definition) is 3. The SMILES string of the molecule is CC1(C)c2ccccc2N(c2ccc(-c3nc(-c4ccc(-n5c6ccc(Br)cc6c6cc(Br)ccc65)cc4)ncc3C(F)(F)F)cc2)c2ccccc21. The van der Waals surface area contributed by atoms with Crippen molar-refractivity contribution in [2.75, 3.05) is 4.90 Å². The number of nitrogens with zero attached hydrogens (tertiary/aromatic N) is 4. The first kappa shape index (κ1) is 33.6. The first-order valence-corrected chi connectivity index (χ1v) is 18.6. The fourth-order valence-electron chi connectivity index (χ4n) is 7.67. The van der Waals surface area contributed by atoms with E-state index in [0.717, 1.165) is 59.7 Å². The molecule has 260 valence electrons. The number of anilines is 3. The molecule has 4 nitrogen and oxygen atoms in total. The van der Waals surface area contributed by atoms with Crippen molar-refractivity contribution in [2.45, 2.75) is 25.4 Å². The Balaban J connectivity index is 1.11. The summed E-state index contributed by atoms with van der Waals surface area (Å²) in [4.78, 5) is 10.9. The van der Waals surface area contributed by atoms with E-state index in [1.165, 1.54) is 11.1 Å². The van der Waals surface area contributed by atoms with Gasteiger partial charge < -0.3 is 9.47 Å². The molecule has 6 aromatic carbocycles. The Bertz CT molecular complexity index is 2610. The molecule has 53 heavy (non-hydrogen) atoms. The van der Waals surface area contributed by atoms with Gasteiger partial charge in [0.2, 0.25) is 0 Å². The summed E-state index contributed by atoms with van der Waals surface area (Å²) in [6.07, 6.45) is -3.76. The summed E-state index contributed by atoms with van der Waals surface area (Å²) >= 11 is 7.21. The first-order chi connectivity index (χ1) is 25.5. The fourth-order valence-corrected chi connectivity index (χ4v) is 8.39. The van der Waals surface area contributed by atoms with Crippen LogP contribution in [0.25, 0.3) is 50.1 Å². The van der Waals surface area contributed by atoms with Gasteiger partial charge in [0.15, 0.2) is 5.82 Å². The number of para-hydroxylation sites is 2. The largest absolute Gasteiger partial charge is 0.419 e. The molecular weight excluding hydrogens is 801 g/mol. The molecule has 0 saturated carbocycles. The maximum absolute atomic E-state index is 14.5. The molecule has 8 aromatic rings. The van der Waals surface area contributed by atoms with Crippen LogP contribution in [0.3, 0.4) is 0 Å². The minimum atomic E-state index is -4.65. The molecule has 2 aromatic heterocycles. The van der Waals surface area contributed by atoms with Gasteiger partial charge in [0, 0.05) is 53.8 Å². The molecule has 1 aliphatic heterocycles. The van der Waals surface area contributed by atoms with E-state index in [-0.39, 0.29) is 16.9 Å². The average molecular weight is 831 g/mol. The second-order valence-electron chi connectivity index (χ2n) is 13.7. The molecule has 0 bridgehead atoms. The first-order valence-electron chi connectivity index (χ1n) is 17.0. The Morgan fingerprint density at radius 2 is 1.11 bits per heavy atom. The van der Waals surface area contributed by atoms with Crippen LogP contribution >= 0.6 is 31.9 Å². The molecule has 3 heterocycles. The second-order valence-corrected chi connectivity index (χ2v) is 15.5. The molecule has 0 aliphatic carbocycles. The highest BCUT2D eigenvalue weighted by Gasteiger charge is 2.37. The highest BCUT2D eigenvalue weighted by atomic mass is 79.9. The average Bonchev–Trinajstić information content (AvgIpc) is 3.47. The summed E-state index contributed by atoms with van der Waals surface area (Å²) in [6, 6.07) is 43.7. The Hall–Kier alpha value is -5.25. The van der Waals surface area contributed by atoms with Gasteiger partial charge in [-0.1, -0.05) is 94.2 Å². The Kier molecular flexibility index (Phi) is 7.87. The molecular formula is C44H29Br2F3N4. The molecule has 0 amide bonds. The van der Waals surface area contributed by atoms with E-state index in [0.29, 0.717) is 11.1 Å². The predicted molar refractivity (Wildman–Crippen MR) is 214 cm³/mol. The van der Waals surface area contributed by atoms with Crippen molar-refractivity contribution in [3.63, 3.8) is 0 Å².